The van der Waals surface area contributed by atoms with E-state index in [-0.39, 0.29) is 29.9 Å². The first kappa shape index (κ1) is 29.6. The van der Waals surface area contributed by atoms with Gasteiger partial charge in [0, 0.05) is 13.1 Å². The summed E-state index contributed by atoms with van der Waals surface area (Å²) in [6.45, 7) is -0.172. The molecule has 0 bridgehead atoms. The number of halogens is 3. The van der Waals surface area contributed by atoms with Crippen molar-refractivity contribution >= 4 is 16.0 Å². The molecule has 0 unspecified atom stereocenters. The van der Waals surface area contributed by atoms with Crippen molar-refractivity contribution in [2.75, 3.05) is 21.3 Å². The number of rotatable bonds is 10. The average Bonchev–Trinajstić information content (AvgIpc) is 3.43. The minimum atomic E-state index is -4.61. The molecule has 0 spiro atoms. The zero-order chi connectivity index (χ0) is 29.8. The van der Waals surface area contributed by atoms with Gasteiger partial charge in [0.25, 0.3) is 10.0 Å². The van der Waals surface area contributed by atoms with Crippen molar-refractivity contribution in [3.05, 3.63) is 95.2 Å². The van der Waals surface area contributed by atoms with Crippen molar-refractivity contribution in [3.63, 3.8) is 0 Å². The second-order valence-electron chi connectivity index (χ2n) is 8.81. The van der Waals surface area contributed by atoms with E-state index >= 15 is 0 Å². The molecular weight excluding hydrogens is 563 g/mol. The second-order valence-corrected chi connectivity index (χ2v) is 10.7. The number of H-pyrrole nitrogens is 1. The van der Waals surface area contributed by atoms with Gasteiger partial charge in [0.15, 0.2) is 10.7 Å². The van der Waals surface area contributed by atoms with E-state index in [1.165, 1.54) is 18.5 Å². The fraction of sp³-hybridized carbons (Fsp3) is 0.214. The molecule has 4 aromatic rings. The van der Waals surface area contributed by atoms with Gasteiger partial charge in [-0.25, -0.2) is 13.2 Å². The molecule has 1 aromatic heterocycles. The molecule has 13 heteroatoms. The van der Waals surface area contributed by atoms with Gasteiger partial charge < -0.3 is 14.2 Å². The first-order valence-corrected chi connectivity index (χ1v) is 13.5. The number of ether oxygens (including phenoxy) is 3. The maximum Gasteiger partial charge on any atom is 0.416 e. The number of carbonyl (C=O) groups excluding carboxylic acids is 1. The molecule has 9 nitrogen and oxygen atoms in total. The number of hydrogen-bond donors (Lipinski definition) is 1. The number of methoxy groups -OCH3 is 3. The number of aromatic nitrogens is 2. The quantitative estimate of drug-likeness (QED) is 0.250. The van der Waals surface area contributed by atoms with Crippen LogP contribution in [-0.2, 0) is 34.0 Å². The Labute approximate surface area is 234 Å². The van der Waals surface area contributed by atoms with E-state index in [9.17, 15) is 26.4 Å². The number of alkyl halides is 3. The Morgan fingerprint density at radius 3 is 1.73 bits per heavy atom. The highest BCUT2D eigenvalue weighted by molar-refractivity contribution is 7.89. The Morgan fingerprint density at radius 1 is 0.829 bits per heavy atom. The van der Waals surface area contributed by atoms with Gasteiger partial charge in [-0.2, -0.15) is 22.6 Å². The molecule has 1 N–H and O–H groups in total. The summed E-state index contributed by atoms with van der Waals surface area (Å²) in [6, 6.07) is 17.3. The van der Waals surface area contributed by atoms with Crippen LogP contribution in [0.15, 0.2) is 77.8 Å². The van der Waals surface area contributed by atoms with Crippen LogP contribution in [0.2, 0.25) is 0 Å². The van der Waals surface area contributed by atoms with Gasteiger partial charge in [-0.1, -0.05) is 36.4 Å². The van der Waals surface area contributed by atoms with Crippen LogP contribution < -0.4 is 9.47 Å². The molecule has 0 aliphatic heterocycles. The van der Waals surface area contributed by atoms with Gasteiger partial charge in [-0.15, -0.1) is 0 Å². The maximum absolute atomic E-state index is 14.2. The summed E-state index contributed by atoms with van der Waals surface area (Å²) in [5, 5.41) is 5.83. The van der Waals surface area contributed by atoms with Crippen LogP contribution in [0.1, 0.15) is 27.2 Å². The summed E-state index contributed by atoms with van der Waals surface area (Å²) < 4.78 is 84.3. The molecule has 0 fully saturated rings. The van der Waals surface area contributed by atoms with Gasteiger partial charge in [0.2, 0.25) is 0 Å². The molecule has 41 heavy (non-hydrogen) atoms. The van der Waals surface area contributed by atoms with Crippen LogP contribution in [0.3, 0.4) is 0 Å². The summed E-state index contributed by atoms with van der Waals surface area (Å²) in [4.78, 5) is 12.5. The highest BCUT2D eigenvalue weighted by Gasteiger charge is 2.35. The van der Waals surface area contributed by atoms with Crippen molar-refractivity contribution in [2.45, 2.75) is 24.3 Å². The number of benzene rings is 3. The summed E-state index contributed by atoms with van der Waals surface area (Å²) >= 11 is 0. The molecule has 0 aliphatic rings. The Bertz CT molecular complexity index is 1550. The Kier molecular flexibility index (Phi) is 8.69. The topological polar surface area (TPSA) is 111 Å². The lowest BCUT2D eigenvalue weighted by molar-refractivity contribution is -0.137. The van der Waals surface area contributed by atoms with Crippen LogP contribution in [0.4, 0.5) is 13.2 Å². The molecule has 0 amide bonds. The summed E-state index contributed by atoms with van der Waals surface area (Å²) in [7, 11) is -0.341. The fourth-order valence-corrected chi connectivity index (χ4v) is 5.60. The van der Waals surface area contributed by atoms with Gasteiger partial charge in [0.05, 0.1) is 32.5 Å². The smallest absolute Gasteiger partial charge is 0.416 e. The van der Waals surface area contributed by atoms with Crippen molar-refractivity contribution in [2.24, 2.45) is 0 Å². The Hall–Kier alpha value is -4.36. The molecule has 1 heterocycles. The van der Waals surface area contributed by atoms with Crippen molar-refractivity contribution in [1.29, 1.82) is 0 Å². The van der Waals surface area contributed by atoms with E-state index in [1.54, 1.807) is 48.5 Å². The molecule has 0 aliphatic carbocycles. The van der Waals surface area contributed by atoms with E-state index < -0.39 is 32.8 Å². The summed E-state index contributed by atoms with van der Waals surface area (Å²) in [5.74, 6) is 0.202. The first-order chi connectivity index (χ1) is 19.5. The van der Waals surface area contributed by atoms with Gasteiger partial charge in [-0.05, 0) is 53.1 Å². The molecule has 0 radical (unpaired) electrons. The molecule has 216 valence electrons. The molecule has 0 saturated carbocycles. The van der Waals surface area contributed by atoms with E-state index in [0.717, 1.165) is 31.4 Å². The number of aromatic amines is 1. The van der Waals surface area contributed by atoms with Gasteiger partial charge in [0.1, 0.15) is 11.5 Å². The third-order valence-electron chi connectivity index (χ3n) is 6.25. The largest absolute Gasteiger partial charge is 0.497 e. The maximum atomic E-state index is 14.2. The lowest BCUT2D eigenvalue weighted by atomic mass is 10.0. The number of sulfonamides is 1. The number of esters is 1. The molecule has 4 rings (SSSR count). The third-order valence-corrected chi connectivity index (χ3v) is 8.00. The van der Waals surface area contributed by atoms with Crippen LogP contribution in [-0.4, -0.2) is 50.2 Å². The predicted molar refractivity (Wildman–Crippen MR) is 143 cm³/mol. The minimum absolute atomic E-state index is 0.0274. The fourth-order valence-electron chi connectivity index (χ4n) is 4.07. The van der Waals surface area contributed by atoms with Crippen molar-refractivity contribution in [1.82, 2.24) is 14.5 Å². The van der Waals surface area contributed by atoms with E-state index in [4.69, 9.17) is 14.2 Å². The zero-order valence-electron chi connectivity index (χ0n) is 22.2. The number of carbonyl (C=O) groups is 1. The van der Waals surface area contributed by atoms with Crippen LogP contribution in [0.25, 0.3) is 11.1 Å². The Morgan fingerprint density at radius 2 is 1.32 bits per heavy atom. The second kappa shape index (κ2) is 12.0. The van der Waals surface area contributed by atoms with Crippen molar-refractivity contribution < 1.29 is 40.6 Å². The zero-order valence-corrected chi connectivity index (χ0v) is 23.0. The monoisotopic (exact) mass is 589 g/mol. The summed E-state index contributed by atoms with van der Waals surface area (Å²) in [6.07, 6.45) is -4.61. The van der Waals surface area contributed by atoms with E-state index in [1.807, 2.05) is 0 Å². The number of nitrogens with zero attached hydrogens (tertiary/aromatic N) is 2. The average molecular weight is 590 g/mol. The highest BCUT2D eigenvalue weighted by atomic mass is 32.2. The number of hydrogen-bond acceptors (Lipinski definition) is 7. The lowest BCUT2D eigenvalue weighted by Gasteiger charge is -2.23. The lowest BCUT2D eigenvalue weighted by Crippen LogP contribution is -2.31. The molecule has 3 aromatic carbocycles. The van der Waals surface area contributed by atoms with Crippen LogP contribution in [0.5, 0.6) is 11.5 Å². The Balaban J connectivity index is 1.83. The normalized spacial score (nSPS) is 11.9. The van der Waals surface area contributed by atoms with Crippen LogP contribution >= 0.6 is 0 Å². The number of nitrogens with one attached hydrogen (secondary N) is 1. The van der Waals surface area contributed by atoms with E-state index in [0.29, 0.717) is 22.6 Å². The van der Waals surface area contributed by atoms with Crippen LogP contribution in [0, 0.1) is 0 Å². The minimum Gasteiger partial charge on any atom is -0.497 e. The summed E-state index contributed by atoms with van der Waals surface area (Å²) in [5.41, 5.74) is -0.243. The first-order valence-electron chi connectivity index (χ1n) is 12.1. The van der Waals surface area contributed by atoms with Gasteiger partial charge >= 0.3 is 12.1 Å². The molecular formula is C28H26F3N3O6S. The third kappa shape index (κ3) is 6.52. The van der Waals surface area contributed by atoms with Gasteiger partial charge in [-0.3, -0.25) is 5.10 Å². The predicted octanol–water partition coefficient (Wildman–Crippen LogP) is 5.29. The standard InChI is InChI=1S/C28H26F3N3O6S/c1-38-22-12-4-18(5-13-22)16-34(17-19-6-14-23(39-2)15-7-19)41(36,37)26-24(25(32-33-26)27(35)40-3)20-8-10-21(11-9-20)28(29,30)31/h4-15H,16-17H2,1-3H3,(H,32,33). The molecule has 0 atom stereocenters. The van der Waals surface area contributed by atoms with Crippen molar-refractivity contribution in [3.8, 4) is 22.6 Å². The molecule has 0 saturated heterocycles. The van der Waals surface area contributed by atoms with E-state index in [2.05, 4.69) is 10.2 Å². The SMILES string of the molecule is COC(=O)c1n[nH]c(S(=O)(=O)N(Cc2ccc(OC)cc2)Cc2ccc(OC)cc2)c1-c1ccc(C(F)(F)F)cc1. The highest BCUT2D eigenvalue weighted by Crippen LogP contribution is 2.36.